The Labute approximate surface area is 105 Å². The molecule has 0 saturated heterocycles. The summed E-state index contributed by atoms with van der Waals surface area (Å²) >= 11 is 0. The predicted molar refractivity (Wildman–Crippen MR) is 72.2 cm³/mol. The van der Waals surface area contributed by atoms with Crippen LogP contribution in [0.4, 0.5) is 4.39 Å². The van der Waals surface area contributed by atoms with Crippen molar-refractivity contribution in [2.24, 2.45) is 0 Å². The Hall–Kier alpha value is -2.09. The van der Waals surface area contributed by atoms with Gasteiger partial charge in [-0.3, -0.25) is 0 Å². The van der Waals surface area contributed by atoms with E-state index in [1.807, 2.05) is 6.07 Å². The molecule has 0 aliphatic carbocycles. The van der Waals surface area contributed by atoms with E-state index in [1.54, 1.807) is 12.1 Å². The zero-order valence-electron chi connectivity index (χ0n) is 10.2. The van der Waals surface area contributed by atoms with Crippen molar-refractivity contribution in [1.29, 1.82) is 0 Å². The topological polar surface area (TPSA) is 4.93 Å². The van der Waals surface area contributed by atoms with Crippen LogP contribution in [0.3, 0.4) is 0 Å². The van der Waals surface area contributed by atoms with E-state index >= 15 is 0 Å². The van der Waals surface area contributed by atoms with Crippen LogP contribution < -0.4 is 0 Å². The van der Waals surface area contributed by atoms with Gasteiger partial charge in [-0.25, -0.2) is 4.39 Å². The first-order chi connectivity index (χ1) is 8.74. The quantitative estimate of drug-likeness (QED) is 0.633. The fourth-order valence-electron chi connectivity index (χ4n) is 2.42. The van der Waals surface area contributed by atoms with Gasteiger partial charge >= 0.3 is 0 Å². The highest BCUT2D eigenvalue weighted by atomic mass is 19.1. The molecule has 2 heteroatoms. The van der Waals surface area contributed by atoms with E-state index in [2.05, 4.69) is 42.0 Å². The zero-order valence-corrected chi connectivity index (χ0v) is 10.2. The van der Waals surface area contributed by atoms with Crippen molar-refractivity contribution in [3.63, 3.8) is 0 Å². The molecule has 18 heavy (non-hydrogen) atoms. The minimum absolute atomic E-state index is 0.180. The Kier molecular flexibility index (Phi) is 2.63. The van der Waals surface area contributed by atoms with Crippen LogP contribution in [0.5, 0.6) is 0 Å². The van der Waals surface area contributed by atoms with Gasteiger partial charge in [-0.1, -0.05) is 30.3 Å². The lowest BCUT2D eigenvalue weighted by molar-refractivity contribution is 0.624. The largest absolute Gasteiger partial charge is 0.343 e. The van der Waals surface area contributed by atoms with E-state index in [-0.39, 0.29) is 5.82 Å². The van der Waals surface area contributed by atoms with Crippen LogP contribution in [0.1, 0.15) is 11.1 Å². The lowest BCUT2D eigenvalue weighted by Crippen LogP contribution is -1.99. The number of aromatic nitrogens is 1. The molecule has 0 saturated carbocycles. The molecule has 0 unspecified atom stereocenters. The lowest BCUT2D eigenvalue weighted by Gasteiger charge is -2.08. The van der Waals surface area contributed by atoms with Crippen molar-refractivity contribution in [2.45, 2.75) is 13.5 Å². The third kappa shape index (κ3) is 1.90. The molecule has 0 fully saturated rings. The highest BCUT2D eigenvalue weighted by Gasteiger charge is 2.04. The van der Waals surface area contributed by atoms with Crippen molar-refractivity contribution in [2.75, 3.05) is 0 Å². The molecule has 1 heterocycles. The molecule has 3 rings (SSSR count). The van der Waals surface area contributed by atoms with Gasteiger partial charge in [-0.15, -0.1) is 0 Å². The Balaban J connectivity index is 2.05. The van der Waals surface area contributed by atoms with Gasteiger partial charge in [0, 0.05) is 12.7 Å². The van der Waals surface area contributed by atoms with Crippen LogP contribution >= 0.6 is 0 Å². The number of halogens is 1. The molecule has 0 aliphatic rings. The fraction of sp³-hybridized carbons (Fsp3) is 0.125. The molecule has 0 spiro atoms. The normalized spacial score (nSPS) is 11.0. The minimum atomic E-state index is -0.180. The predicted octanol–water partition coefficient (Wildman–Crippen LogP) is 4.14. The molecule has 0 N–H and O–H groups in total. The smallest absolute Gasteiger partial charge is 0.123 e. The first-order valence-electron chi connectivity index (χ1n) is 6.03. The van der Waals surface area contributed by atoms with Crippen molar-refractivity contribution >= 4 is 10.9 Å². The van der Waals surface area contributed by atoms with Gasteiger partial charge in [0.05, 0.1) is 5.52 Å². The van der Waals surface area contributed by atoms with E-state index < -0.39 is 0 Å². The van der Waals surface area contributed by atoms with Crippen LogP contribution in [0, 0.1) is 12.7 Å². The molecule has 1 aromatic heterocycles. The summed E-state index contributed by atoms with van der Waals surface area (Å²) in [6.07, 6.45) is 2.06. The molecular formula is C16H14FN. The van der Waals surface area contributed by atoms with Crippen molar-refractivity contribution in [3.8, 4) is 0 Å². The average molecular weight is 239 g/mol. The van der Waals surface area contributed by atoms with E-state index in [0.717, 1.165) is 5.56 Å². The monoisotopic (exact) mass is 239 g/mol. The van der Waals surface area contributed by atoms with E-state index in [1.165, 1.54) is 22.5 Å². The number of hydrogen-bond donors (Lipinski definition) is 0. The standard InChI is InChI=1S/C16H14FN/c1-12-4-2-6-14-8-9-18(16(12)14)11-13-5-3-7-15(17)10-13/h2-10H,11H2,1H3. The second kappa shape index (κ2) is 4.30. The van der Waals surface area contributed by atoms with Crippen molar-refractivity contribution < 1.29 is 4.39 Å². The number of nitrogens with zero attached hydrogens (tertiary/aromatic N) is 1. The maximum absolute atomic E-state index is 13.2. The van der Waals surface area contributed by atoms with Gasteiger partial charge in [0.25, 0.3) is 0 Å². The zero-order chi connectivity index (χ0) is 12.5. The summed E-state index contributed by atoms with van der Waals surface area (Å²) in [5.41, 5.74) is 3.45. The van der Waals surface area contributed by atoms with Gasteiger partial charge in [-0.05, 0) is 41.6 Å². The molecular weight excluding hydrogens is 225 g/mol. The Morgan fingerprint density at radius 1 is 1.06 bits per heavy atom. The molecule has 0 aliphatic heterocycles. The van der Waals surface area contributed by atoms with Crippen molar-refractivity contribution in [3.05, 3.63) is 71.7 Å². The number of hydrogen-bond acceptors (Lipinski definition) is 0. The third-order valence-corrected chi connectivity index (χ3v) is 3.23. The van der Waals surface area contributed by atoms with E-state index in [0.29, 0.717) is 6.54 Å². The molecule has 0 bridgehead atoms. The van der Waals surface area contributed by atoms with Gasteiger partial charge in [0.15, 0.2) is 0 Å². The number of fused-ring (bicyclic) bond motifs is 1. The summed E-state index contributed by atoms with van der Waals surface area (Å²) in [4.78, 5) is 0. The van der Waals surface area contributed by atoms with Gasteiger partial charge in [0.1, 0.15) is 5.82 Å². The minimum Gasteiger partial charge on any atom is -0.343 e. The maximum Gasteiger partial charge on any atom is 0.123 e. The van der Waals surface area contributed by atoms with E-state index in [9.17, 15) is 4.39 Å². The SMILES string of the molecule is Cc1cccc2ccn(Cc3cccc(F)c3)c12. The fourth-order valence-corrected chi connectivity index (χ4v) is 2.42. The van der Waals surface area contributed by atoms with Crippen LogP contribution in [0.2, 0.25) is 0 Å². The average Bonchev–Trinajstić information content (AvgIpc) is 2.74. The number of aryl methyl sites for hydroxylation is 1. The lowest BCUT2D eigenvalue weighted by atomic mass is 10.1. The maximum atomic E-state index is 13.2. The second-order valence-electron chi connectivity index (χ2n) is 4.59. The molecule has 1 nitrogen and oxygen atoms in total. The number of para-hydroxylation sites is 1. The summed E-state index contributed by atoms with van der Waals surface area (Å²) in [7, 11) is 0. The first-order valence-corrected chi connectivity index (χ1v) is 6.03. The summed E-state index contributed by atoms with van der Waals surface area (Å²) in [5, 5.41) is 1.23. The molecule has 0 atom stereocenters. The Bertz CT molecular complexity index is 697. The Morgan fingerprint density at radius 2 is 1.89 bits per heavy atom. The summed E-state index contributed by atoms with van der Waals surface area (Å²) in [6.45, 7) is 2.80. The van der Waals surface area contributed by atoms with Crippen LogP contribution in [0.25, 0.3) is 10.9 Å². The summed E-state index contributed by atoms with van der Waals surface area (Å²) in [5.74, 6) is -0.180. The van der Waals surface area contributed by atoms with Crippen LogP contribution in [-0.4, -0.2) is 4.57 Å². The van der Waals surface area contributed by atoms with Crippen molar-refractivity contribution in [1.82, 2.24) is 4.57 Å². The van der Waals surface area contributed by atoms with E-state index in [4.69, 9.17) is 0 Å². The number of rotatable bonds is 2. The van der Waals surface area contributed by atoms with Gasteiger partial charge in [-0.2, -0.15) is 0 Å². The van der Waals surface area contributed by atoms with Gasteiger partial charge < -0.3 is 4.57 Å². The third-order valence-electron chi connectivity index (χ3n) is 3.23. The molecule has 2 aromatic carbocycles. The first kappa shape index (κ1) is 11.0. The summed E-state index contributed by atoms with van der Waals surface area (Å²) in [6, 6.07) is 15.1. The molecule has 3 aromatic rings. The van der Waals surface area contributed by atoms with Crippen LogP contribution in [-0.2, 0) is 6.54 Å². The highest BCUT2D eigenvalue weighted by molar-refractivity contribution is 5.83. The molecule has 90 valence electrons. The summed E-state index contributed by atoms with van der Waals surface area (Å²) < 4.78 is 15.3. The molecule has 0 amide bonds. The Morgan fingerprint density at radius 3 is 2.72 bits per heavy atom. The number of benzene rings is 2. The second-order valence-corrected chi connectivity index (χ2v) is 4.59. The van der Waals surface area contributed by atoms with Gasteiger partial charge in [0.2, 0.25) is 0 Å². The molecule has 0 radical (unpaired) electrons. The highest BCUT2D eigenvalue weighted by Crippen LogP contribution is 2.20. The van der Waals surface area contributed by atoms with Crippen LogP contribution in [0.15, 0.2) is 54.7 Å².